The molecule has 0 spiro atoms. The molecule has 1 N–H and O–H groups in total. The molecule has 0 amide bonds. The number of rotatable bonds is 4. The molecular formula is C13H18ClNO2. The lowest BCUT2D eigenvalue weighted by molar-refractivity contribution is 0.0633. The number of halogens is 1. The van der Waals surface area contributed by atoms with Crippen LogP contribution in [0.2, 0.25) is 5.02 Å². The molecule has 0 saturated carbocycles. The highest BCUT2D eigenvalue weighted by Crippen LogP contribution is 2.17. The van der Waals surface area contributed by atoms with Crippen molar-refractivity contribution in [3.05, 3.63) is 29.3 Å². The van der Waals surface area contributed by atoms with Gasteiger partial charge < -0.3 is 9.84 Å². The second kappa shape index (κ2) is 6.24. The number of ether oxygens (including phenoxy) is 1. The summed E-state index contributed by atoms with van der Waals surface area (Å²) in [6, 6.07) is 7.42. The topological polar surface area (TPSA) is 32.7 Å². The van der Waals surface area contributed by atoms with E-state index in [0.717, 1.165) is 38.2 Å². The molecule has 0 aromatic heterocycles. The number of nitrogens with zero attached hydrogens (tertiary/aromatic N) is 1. The molecule has 2 rings (SSSR count). The van der Waals surface area contributed by atoms with Crippen LogP contribution in [0.4, 0.5) is 0 Å². The average Bonchev–Trinajstić information content (AvgIpc) is 2.29. The number of hydrogen-bond donors (Lipinski definition) is 1. The maximum Gasteiger partial charge on any atom is 0.120 e. The third-order valence-electron chi connectivity index (χ3n) is 2.95. The van der Waals surface area contributed by atoms with Gasteiger partial charge in [-0.1, -0.05) is 17.7 Å². The third kappa shape index (κ3) is 4.19. The zero-order valence-electron chi connectivity index (χ0n) is 9.81. The summed E-state index contributed by atoms with van der Waals surface area (Å²) < 4.78 is 5.62. The molecule has 1 heterocycles. The van der Waals surface area contributed by atoms with Gasteiger partial charge in [0.25, 0.3) is 0 Å². The van der Waals surface area contributed by atoms with Gasteiger partial charge in [-0.05, 0) is 37.6 Å². The molecule has 0 radical (unpaired) electrons. The molecule has 4 heteroatoms. The Morgan fingerprint density at radius 3 is 3.12 bits per heavy atom. The first-order chi connectivity index (χ1) is 8.24. The first kappa shape index (κ1) is 12.7. The second-order valence-corrected chi connectivity index (χ2v) is 4.84. The summed E-state index contributed by atoms with van der Waals surface area (Å²) in [5.74, 6) is 0.801. The fourth-order valence-electron chi connectivity index (χ4n) is 2.08. The van der Waals surface area contributed by atoms with Crippen molar-refractivity contribution in [3.63, 3.8) is 0 Å². The van der Waals surface area contributed by atoms with Gasteiger partial charge in [0.15, 0.2) is 0 Å². The fraction of sp³-hybridized carbons (Fsp3) is 0.538. The normalized spacial score (nSPS) is 21.4. The number of hydrogen-bond acceptors (Lipinski definition) is 3. The van der Waals surface area contributed by atoms with Crippen LogP contribution in [-0.4, -0.2) is 42.4 Å². The molecule has 3 nitrogen and oxygen atoms in total. The molecule has 1 aromatic rings. The Labute approximate surface area is 107 Å². The van der Waals surface area contributed by atoms with Gasteiger partial charge in [0.2, 0.25) is 0 Å². The van der Waals surface area contributed by atoms with Gasteiger partial charge in [-0.3, -0.25) is 4.90 Å². The highest BCUT2D eigenvalue weighted by molar-refractivity contribution is 6.30. The van der Waals surface area contributed by atoms with Crippen molar-refractivity contribution in [3.8, 4) is 5.75 Å². The van der Waals surface area contributed by atoms with Crippen LogP contribution < -0.4 is 4.74 Å². The molecule has 1 aromatic carbocycles. The van der Waals surface area contributed by atoms with Gasteiger partial charge in [0, 0.05) is 18.1 Å². The number of aliphatic hydroxyl groups excluding tert-OH is 1. The molecule has 0 aliphatic carbocycles. The average molecular weight is 256 g/mol. The zero-order valence-corrected chi connectivity index (χ0v) is 10.6. The van der Waals surface area contributed by atoms with E-state index in [0.29, 0.717) is 11.6 Å². The van der Waals surface area contributed by atoms with Crippen molar-refractivity contribution < 1.29 is 9.84 Å². The van der Waals surface area contributed by atoms with Gasteiger partial charge in [0.1, 0.15) is 12.4 Å². The molecule has 94 valence electrons. The highest BCUT2D eigenvalue weighted by atomic mass is 35.5. The predicted molar refractivity (Wildman–Crippen MR) is 68.6 cm³/mol. The van der Waals surface area contributed by atoms with Gasteiger partial charge >= 0.3 is 0 Å². The summed E-state index contributed by atoms with van der Waals surface area (Å²) in [5.41, 5.74) is 0. The molecule has 0 unspecified atom stereocenters. The van der Waals surface area contributed by atoms with E-state index in [9.17, 15) is 5.11 Å². The quantitative estimate of drug-likeness (QED) is 0.895. The Hall–Kier alpha value is -0.770. The highest BCUT2D eigenvalue weighted by Gasteiger charge is 2.16. The van der Waals surface area contributed by atoms with Crippen molar-refractivity contribution in [2.45, 2.75) is 18.9 Å². The van der Waals surface area contributed by atoms with Gasteiger partial charge in [-0.15, -0.1) is 0 Å². The Morgan fingerprint density at radius 1 is 1.47 bits per heavy atom. The van der Waals surface area contributed by atoms with Gasteiger partial charge in [-0.25, -0.2) is 0 Å². The maximum atomic E-state index is 9.53. The van der Waals surface area contributed by atoms with E-state index >= 15 is 0 Å². The molecule has 1 aliphatic rings. The Bertz CT molecular complexity index is 359. The Balaban J connectivity index is 1.72. The van der Waals surface area contributed by atoms with Crippen LogP contribution >= 0.6 is 11.6 Å². The predicted octanol–water partition coefficient (Wildman–Crippen LogP) is 2.18. The first-order valence-corrected chi connectivity index (χ1v) is 6.40. The van der Waals surface area contributed by atoms with Crippen molar-refractivity contribution in [1.29, 1.82) is 0 Å². The summed E-state index contributed by atoms with van der Waals surface area (Å²) in [6.45, 7) is 3.30. The molecular weight excluding hydrogens is 238 g/mol. The van der Waals surface area contributed by atoms with Crippen LogP contribution in [-0.2, 0) is 0 Å². The largest absolute Gasteiger partial charge is 0.492 e. The van der Waals surface area contributed by atoms with Crippen molar-refractivity contribution in [2.24, 2.45) is 0 Å². The van der Waals surface area contributed by atoms with Crippen LogP contribution in [0.3, 0.4) is 0 Å². The van der Waals surface area contributed by atoms with Gasteiger partial charge in [-0.2, -0.15) is 0 Å². The van der Waals surface area contributed by atoms with Crippen LogP contribution in [0.1, 0.15) is 12.8 Å². The van der Waals surface area contributed by atoms with E-state index in [-0.39, 0.29) is 6.10 Å². The zero-order chi connectivity index (χ0) is 12.1. The van der Waals surface area contributed by atoms with E-state index in [1.165, 1.54) is 0 Å². The summed E-state index contributed by atoms with van der Waals surface area (Å²) in [4.78, 5) is 2.23. The first-order valence-electron chi connectivity index (χ1n) is 6.03. The van der Waals surface area contributed by atoms with E-state index in [1.807, 2.05) is 24.3 Å². The number of benzene rings is 1. The number of piperidine rings is 1. The van der Waals surface area contributed by atoms with E-state index in [2.05, 4.69) is 4.90 Å². The minimum atomic E-state index is -0.171. The Morgan fingerprint density at radius 2 is 2.35 bits per heavy atom. The second-order valence-electron chi connectivity index (χ2n) is 4.40. The lowest BCUT2D eigenvalue weighted by Crippen LogP contribution is -2.40. The maximum absolute atomic E-state index is 9.53. The molecule has 0 bridgehead atoms. The monoisotopic (exact) mass is 255 g/mol. The summed E-state index contributed by atoms with van der Waals surface area (Å²) in [6.07, 6.45) is 1.82. The minimum Gasteiger partial charge on any atom is -0.492 e. The minimum absolute atomic E-state index is 0.171. The van der Waals surface area contributed by atoms with Crippen molar-refractivity contribution >= 4 is 11.6 Å². The molecule has 17 heavy (non-hydrogen) atoms. The van der Waals surface area contributed by atoms with Crippen LogP contribution in [0.15, 0.2) is 24.3 Å². The molecule has 1 fully saturated rings. The fourth-order valence-corrected chi connectivity index (χ4v) is 2.26. The number of likely N-dealkylation sites (tertiary alicyclic amines) is 1. The molecule has 1 aliphatic heterocycles. The summed E-state index contributed by atoms with van der Waals surface area (Å²) in [5, 5.41) is 10.2. The van der Waals surface area contributed by atoms with Crippen LogP contribution in [0.5, 0.6) is 5.75 Å². The van der Waals surface area contributed by atoms with Crippen molar-refractivity contribution in [2.75, 3.05) is 26.2 Å². The SMILES string of the molecule is O[C@H]1CCCN(CCOc2cccc(Cl)c2)C1. The number of β-amino-alcohol motifs (C(OH)–C–C–N with tert-alkyl or cyclic N) is 1. The van der Waals surface area contributed by atoms with Crippen molar-refractivity contribution in [1.82, 2.24) is 4.90 Å². The lowest BCUT2D eigenvalue weighted by Gasteiger charge is -2.29. The Kier molecular flexibility index (Phi) is 4.66. The molecule has 1 saturated heterocycles. The van der Waals surface area contributed by atoms with E-state index in [1.54, 1.807) is 0 Å². The van der Waals surface area contributed by atoms with E-state index < -0.39 is 0 Å². The van der Waals surface area contributed by atoms with Crippen LogP contribution in [0, 0.1) is 0 Å². The third-order valence-corrected chi connectivity index (χ3v) is 3.19. The standard InChI is InChI=1S/C13H18ClNO2/c14-11-3-1-5-13(9-11)17-8-7-15-6-2-4-12(16)10-15/h1,3,5,9,12,16H,2,4,6-8,10H2/t12-/m0/s1. The summed E-state index contributed by atoms with van der Waals surface area (Å²) in [7, 11) is 0. The van der Waals surface area contributed by atoms with Gasteiger partial charge in [0.05, 0.1) is 6.10 Å². The smallest absolute Gasteiger partial charge is 0.120 e. The van der Waals surface area contributed by atoms with Crippen LogP contribution in [0.25, 0.3) is 0 Å². The molecule has 1 atom stereocenters. The van der Waals surface area contributed by atoms with E-state index in [4.69, 9.17) is 16.3 Å². The lowest BCUT2D eigenvalue weighted by atomic mass is 10.1. The summed E-state index contributed by atoms with van der Waals surface area (Å²) >= 11 is 5.87. The number of aliphatic hydroxyl groups is 1.